The highest BCUT2D eigenvalue weighted by Gasteiger charge is 2.13. The fraction of sp³-hybridized carbons (Fsp3) is 0.300. The van der Waals surface area contributed by atoms with Gasteiger partial charge in [-0.3, -0.25) is 4.79 Å². The molecular weight excluding hydrogens is 265 g/mol. The molecule has 1 rings (SSSR count). The summed E-state index contributed by atoms with van der Waals surface area (Å²) in [7, 11) is 0. The Labute approximate surface area is 108 Å². The number of hydrogen-bond donors (Lipinski definition) is 1. The number of nitrogens with zero attached hydrogens (tertiary/aromatic N) is 3. The molecular formula is C10H9Cl2N3O2. The van der Waals surface area contributed by atoms with E-state index in [0.29, 0.717) is 15.6 Å². The van der Waals surface area contributed by atoms with Gasteiger partial charge in [-0.25, -0.2) is 0 Å². The molecule has 0 aromatic heterocycles. The van der Waals surface area contributed by atoms with Gasteiger partial charge < -0.3 is 5.11 Å². The van der Waals surface area contributed by atoms with E-state index in [-0.39, 0.29) is 12.8 Å². The zero-order valence-corrected chi connectivity index (χ0v) is 10.2. The van der Waals surface area contributed by atoms with E-state index in [4.69, 9.17) is 33.8 Å². The maximum Gasteiger partial charge on any atom is 0.303 e. The van der Waals surface area contributed by atoms with Gasteiger partial charge in [-0.2, -0.15) is 0 Å². The number of azide groups is 1. The van der Waals surface area contributed by atoms with Crippen LogP contribution in [0.3, 0.4) is 0 Å². The Kier molecular flexibility index (Phi) is 5.10. The van der Waals surface area contributed by atoms with Gasteiger partial charge in [-0.05, 0) is 29.6 Å². The van der Waals surface area contributed by atoms with Crippen LogP contribution in [0.2, 0.25) is 10.0 Å². The van der Waals surface area contributed by atoms with Crippen molar-refractivity contribution in [3.63, 3.8) is 0 Å². The fourth-order valence-electron chi connectivity index (χ4n) is 1.33. The molecule has 0 aliphatic heterocycles. The van der Waals surface area contributed by atoms with Crippen LogP contribution in [0.25, 0.3) is 10.4 Å². The Morgan fingerprint density at radius 2 is 2.18 bits per heavy atom. The Balaban J connectivity index is 2.92. The van der Waals surface area contributed by atoms with Crippen molar-refractivity contribution in [3.8, 4) is 0 Å². The van der Waals surface area contributed by atoms with Gasteiger partial charge in [0.25, 0.3) is 0 Å². The van der Waals surface area contributed by atoms with Crippen molar-refractivity contribution in [2.24, 2.45) is 5.11 Å². The van der Waals surface area contributed by atoms with Crippen LogP contribution >= 0.6 is 23.2 Å². The number of carbonyl (C=O) groups is 1. The summed E-state index contributed by atoms with van der Waals surface area (Å²) in [6.07, 6.45) is 0.140. The highest BCUT2D eigenvalue weighted by Crippen LogP contribution is 2.29. The molecule has 5 nitrogen and oxygen atoms in total. The van der Waals surface area contributed by atoms with E-state index in [1.807, 2.05) is 0 Å². The highest BCUT2D eigenvalue weighted by molar-refractivity contribution is 6.42. The minimum absolute atomic E-state index is 0.0794. The summed E-state index contributed by atoms with van der Waals surface area (Å²) in [6.45, 7) is 0. The van der Waals surface area contributed by atoms with Crippen molar-refractivity contribution in [2.75, 3.05) is 0 Å². The number of rotatable bonds is 5. The van der Waals surface area contributed by atoms with E-state index in [1.54, 1.807) is 18.2 Å². The number of halogens is 2. The van der Waals surface area contributed by atoms with Gasteiger partial charge in [-0.1, -0.05) is 34.4 Å². The first kappa shape index (κ1) is 13.6. The van der Waals surface area contributed by atoms with Gasteiger partial charge >= 0.3 is 5.97 Å². The monoisotopic (exact) mass is 273 g/mol. The second-order valence-corrected chi connectivity index (χ2v) is 4.14. The third-order valence-electron chi connectivity index (χ3n) is 2.15. The molecule has 0 amide bonds. The lowest BCUT2D eigenvalue weighted by molar-refractivity contribution is -0.137. The molecule has 0 aliphatic carbocycles. The third kappa shape index (κ3) is 4.15. The summed E-state index contributed by atoms with van der Waals surface area (Å²) in [5.74, 6) is -0.941. The average Bonchev–Trinajstić information content (AvgIpc) is 2.28. The first-order valence-electron chi connectivity index (χ1n) is 4.75. The van der Waals surface area contributed by atoms with Gasteiger partial charge in [0, 0.05) is 11.3 Å². The molecule has 0 aliphatic rings. The first-order chi connectivity index (χ1) is 8.04. The van der Waals surface area contributed by atoms with Crippen LogP contribution in [-0.2, 0) is 4.79 Å². The minimum atomic E-state index is -0.941. The number of carboxylic acid groups (broad SMARTS) is 1. The minimum Gasteiger partial charge on any atom is -0.481 e. The van der Waals surface area contributed by atoms with Gasteiger partial charge in [0.15, 0.2) is 0 Å². The zero-order valence-electron chi connectivity index (χ0n) is 8.68. The van der Waals surface area contributed by atoms with Crippen LogP contribution in [0.1, 0.15) is 24.4 Å². The summed E-state index contributed by atoms with van der Waals surface area (Å²) in [5, 5.41) is 12.9. The normalized spacial score (nSPS) is 11.6. The second kappa shape index (κ2) is 6.35. The molecule has 1 unspecified atom stereocenters. The van der Waals surface area contributed by atoms with Gasteiger partial charge in [-0.15, -0.1) is 0 Å². The Morgan fingerprint density at radius 3 is 2.71 bits per heavy atom. The third-order valence-corrected chi connectivity index (χ3v) is 2.89. The second-order valence-electron chi connectivity index (χ2n) is 3.33. The van der Waals surface area contributed by atoms with Gasteiger partial charge in [0.2, 0.25) is 0 Å². The largest absolute Gasteiger partial charge is 0.481 e. The standard InChI is InChI=1S/C10H9Cl2N3O2/c11-7-2-1-6(5-8(7)12)9(14-15-13)3-4-10(16)17/h1-2,5,9H,3-4H2,(H,16,17). The number of aliphatic carboxylic acids is 1. The lowest BCUT2D eigenvalue weighted by atomic mass is 10.0. The Bertz CT molecular complexity index is 473. The van der Waals surface area contributed by atoms with E-state index in [0.717, 1.165) is 0 Å². The van der Waals surface area contributed by atoms with Crippen molar-refractivity contribution < 1.29 is 9.90 Å². The van der Waals surface area contributed by atoms with Gasteiger partial charge in [0.1, 0.15) is 0 Å². The molecule has 0 radical (unpaired) electrons. The van der Waals surface area contributed by atoms with Crippen molar-refractivity contribution in [1.29, 1.82) is 0 Å². The lowest BCUT2D eigenvalue weighted by Crippen LogP contribution is -2.00. The fourth-order valence-corrected chi connectivity index (χ4v) is 1.64. The maximum absolute atomic E-state index is 10.5. The number of carboxylic acids is 1. The van der Waals surface area contributed by atoms with Crippen LogP contribution in [-0.4, -0.2) is 11.1 Å². The number of benzene rings is 1. The maximum atomic E-state index is 10.5. The molecule has 17 heavy (non-hydrogen) atoms. The van der Waals surface area contributed by atoms with E-state index in [1.165, 1.54) is 0 Å². The zero-order chi connectivity index (χ0) is 12.8. The predicted molar refractivity (Wildman–Crippen MR) is 65.2 cm³/mol. The lowest BCUT2D eigenvalue weighted by Gasteiger charge is -2.10. The topological polar surface area (TPSA) is 86.1 Å². The smallest absolute Gasteiger partial charge is 0.303 e. The SMILES string of the molecule is [N-]=[N+]=NC(CCC(=O)O)c1ccc(Cl)c(Cl)c1. The summed E-state index contributed by atoms with van der Waals surface area (Å²) in [6, 6.07) is 4.27. The molecule has 1 N–H and O–H groups in total. The molecule has 0 saturated heterocycles. The van der Waals surface area contributed by atoms with Crippen molar-refractivity contribution in [2.45, 2.75) is 18.9 Å². The summed E-state index contributed by atoms with van der Waals surface area (Å²) >= 11 is 11.6. The van der Waals surface area contributed by atoms with Gasteiger partial charge in [0.05, 0.1) is 16.1 Å². The van der Waals surface area contributed by atoms with Crippen molar-refractivity contribution >= 4 is 29.2 Å². The van der Waals surface area contributed by atoms with Crippen molar-refractivity contribution in [1.82, 2.24) is 0 Å². The van der Waals surface area contributed by atoms with E-state index < -0.39 is 12.0 Å². The van der Waals surface area contributed by atoms with Crippen LogP contribution in [0.5, 0.6) is 0 Å². The molecule has 0 fully saturated rings. The molecule has 1 atom stereocenters. The van der Waals surface area contributed by atoms with Crippen LogP contribution < -0.4 is 0 Å². The van der Waals surface area contributed by atoms with Crippen molar-refractivity contribution in [3.05, 3.63) is 44.3 Å². The molecule has 0 bridgehead atoms. The van der Waals surface area contributed by atoms with E-state index in [2.05, 4.69) is 10.0 Å². The Morgan fingerprint density at radius 1 is 1.47 bits per heavy atom. The first-order valence-corrected chi connectivity index (χ1v) is 5.51. The Hall–Kier alpha value is -1.42. The number of hydrogen-bond acceptors (Lipinski definition) is 2. The molecule has 0 heterocycles. The molecule has 1 aromatic carbocycles. The highest BCUT2D eigenvalue weighted by atomic mass is 35.5. The average molecular weight is 274 g/mol. The predicted octanol–water partition coefficient (Wildman–Crippen LogP) is 4.21. The van der Waals surface area contributed by atoms with Crippen LogP contribution in [0.15, 0.2) is 23.3 Å². The van der Waals surface area contributed by atoms with E-state index >= 15 is 0 Å². The van der Waals surface area contributed by atoms with Crippen LogP contribution in [0, 0.1) is 0 Å². The summed E-state index contributed by atoms with van der Waals surface area (Å²) in [4.78, 5) is 13.2. The molecule has 7 heteroatoms. The molecule has 1 aromatic rings. The summed E-state index contributed by atoms with van der Waals surface area (Å²) < 4.78 is 0. The summed E-state index contributed by atoms with van der Waals surface area (Å²) in [5.41, 5.74) is 9.09. The quantitative estimate of drug-likeness (QED) is 0.495. The molecule has 90 valence electrons. The van der Waals surface area contributed by atoms with E-state index in [9.17, 15) is 4.79 Å². The van der Waals surface area contributed by atoms with Crippen LogP contribution in [0.4, 0.5) is 0 Å². The molecule has 0 saturated carbocycles. The molecule has 0 spiro atoms.